The Hall–Kier alpha value is -2.82. The second-order valence-electron chi connectivity index (χ2n) is 7.14. The quantitative estimate of drug-likeness (QED) is 0.846. The lowest BCUT2D eigenvalue weighted by molar-refractivity contribution is -0.121. The number of nitrogens with zero attached hydrogens (tertiary/aromatic N) is 1. The lowest BCUT2D eigenvalue weighted by Crippen LogP contribution is -2.32. The molecular weight excluding hydrogens is 340 g/mol. The third-order valence-corrected chi connectivity index (χ3v) is 4.79. The average molecular weight is 366 g/mol. The van der Waals surface area contributed by atoms with Crippen molar-refractivity contribution < 1.29 is 14.3 Å². The number of hydrogen-bond donors (Lipinski definition) is 1. The first kappa shape index (κ1) is 19.0. The zero-order valence-corrected chi connectivity index (χ0v) is 16.1. The molecule has 5 nitrogen and oxygen atoms in total. The molecule has 1 heterocycles. The Morgan fingerprint density at radius 1 is 1.19 bits per heavy atom. The van der Waals surface area contributed by atoms with Crippen molar-refractivity contribution in [1.82, 2.24) is 0 Å². The van der Waals surface area contributed by atoms with Crippen LogP contribution in [0.15, 0.2) is 42.5 Å². The molecule has 5 heteroatoms. The fourth-order valence-corrected chi connectivity index (χ4v) is 3.33. The summed E-state index contributed by atoms with van der Waals surface area (Å²) >= 11 is 0. The lowest BCUT2D eigenvalue weighted by atomic mass is 10.1. The maximum Gasteiger partial charge on any atom is 0.229 e. The van der Waals surface area contributed by atoms with Crippen molar-refractivity contribution in [2.24, 2.45) is 5.92 Å². The predicted molar refractivity (Wildman–Crippen MR) is 107 cm³/mol. The maximum atomic E-state index is 12.3. The zero-order chi connectivity index (χ0) is 19.4. The van der Waals surface area contributed by atoms with Crippen LogP contribution in [0.25, 0.3) is 0 Å². The van der Waals surface area contributed by atoms with E-state index in [1.54, 1.807) is 7.11 Å². The number of anilines is 2. The molecule has 0 saturated carbocycles. The van der Waals surface area contributed by atoms with E-state index in [1.807, 2.05) is 61.2 Å². The Morgan fingerprint density at radius 3 is 2.74 bits per heavy atom. The van der Waals surface area contributed by atoms with Crippen molar-refractivity contribution in [2.75, 3.05) is 23.9 Å². The molecule has 0 aliphatic carbocycles. The number of aryl methyl sites for hydroxylation is 1. The molecule has 0 spiro atoms. The molecule has 0 fully saturated rings. The fraction of sp³-hybridized carbons (Fsp3) is 0.364. The van der Waals surface area contributed by atoms with Gasteiger partial charge < -0.3 is 15.0 Å². The fourth-order valence-electron chi connectivity index (χ4n) is 3.33. The van der Waals surface area contributed by atoms with Crippen molar-refractivity contribution in [3.05, 3.63) is 53.6 Å². The number of fused-ring (bicyclic) bond motifs is 1. The molecule has 0 unspecified atom stereocenters. The first-order chi connectivity index (χ1) is 13.0. The Bertz CT molecular complexity index is 845. The molecule has 1 N–H and O–H groups in total. The molecule has 0 bridgehead atoms. The molecule has 142 valence electrons. The van der Waals surface area contributed by atoms with Crippen molar-refractivity contribution in [3.63, 3.8) is 0 Å². The molecule has 3 rings (SSSR count). The number of rotatable bonds is 6. The number of methoxy groups -OCH3 is 1. The van der Waals surface area contributed by atoms with Gasteiger partial charge in [0.05, 0.1) is 7.11 Å². The predicted octanol–water partition coefficient (Wildman–Crippen LogP) is 3.81. The molecule has 27 heavy (non-hydrogen) atoms. The van der Waals surface area contributed by atoms with Gasteiger partial charge in [-0.15, -0.1) is 0 Å². The van der Waals surface area contributed by atoms with Crippen LogP contribution >= 0.6 is 0 Å². The smallest absolute Gasteiger partial charge is 0.229 e. The normalized spacial score (nSPS) is 12.8. The first-order valence-corrected chi connectivity index (χ1v) is 9.35. The minimum Gasteiger partial charge on any atom is -0.497 e. The lowest BCUT2D eigenvalue weighted by Gasteiger charge is -2.19. The van der Waals surface area contributed by atoms with Crippen LogP contribution in [0.5, 0.6) is 5.75 Å². The molecule has 1 aliphatic heterocycles. The van der Waals surface area contributed by atoms with E-state index < -0.39 is 0 Å². The molecule has 0 aromatic heterocycles. The van der Waals surface area contributed by atoms with Gasteiger partial charge in [0.25, 0.3) is 0 Å². The maximum absolute atomic E-state index is 12.3. The van der Waals surface area contributed by atoms with Gasteiger partial charge in [-0.2, -0.15) is 0 Å². The van der Waals surface area contributed by atoms with E-state index in [4.69, 9.17) is 4.74 Å². The number of amides is 2. The van der Waals surface area contributed by atoms with E-state index in [0.717, 1.165) is 34.7 Å². The van der Waals surface area contributed by atoms with Crippen LogP contribution in [0.4, 0.5) is 11.4 Å². The van der Waals surface area contributed by atoms with E-state index >= 15 is 0 Å². The van der Waals surface area contributed by atoms with Gasteiger partial charge in [0.1, 0.15) is 5.75 Å². The van der Waals surface area contributed by atoms with E-state index in [-0.39, 0.29) is 17.7 Å². The van der Waals surface area contributed by atoms with Crippen LogP contribution < -0.4 is 15.0 Å². The van der Waals surface area contributed by atoms with Crippen LogP contribution in [0.1, 0.15) is 31.4 Å². The highest BCUT2D eigenvalue weighted by Crippen LogP contribution is 2.31. The number of carbonyl (C=O) groups excluding carboxylic acids is 2. The zero-order valence-electron chi connectivity index (χ0n) is 16.1. The second-order valence-corrected chi connectivity index (χ2v) is 7.14. The molecule has 0 saturated heterocycles. The van der Waals surface area contributed by atoms with Crippen molar-refractivity contribution in [2.45, 2.75) is 33.1 Å². The number of benzene rings is 2. The summed E-state index contributed by atoms with van der Waals surface area (Å²) in [6, 6.07) is 13.5. The SMILES string of the molecule is COc1cccc(CCC(=O)Nc2ccc3c(c2)CCN3C(=O)C(C)C)c1. The second kappa shape index (κ2) is 8.25. The van der Waals surface area contributed by atoms with Crippen LogP contribution in [0.3, 0.4) is 0 Å². The molecule has 2 aromatic carbocycles. The van der Waals surface area contributed by atoms with Crippen LogP contribution in [0, 0.1) is 5.92 Å². The third kappa shape index (κ3) is 4.48. The standard InChI is InChI=1S/C22H26N2O3/c1-15(2)22(26)24-12-11-17-14-18(8-9-20(17)24)23-21(25)10-7-16-5-4-6-19(13-16)27-3/h4-6,8-9,13-15H,7,10-12H2,1-3H3,(H,23,25). The van der Waals surface area contributed by atoms with Crippen LogP contribution in [-0.4, -0.2) is 25.5 Å². The largest absolute Gasteiger partial charge is 0.497 e. The molecule has 1 aliphatic rings. The van der Waals surface area contributed by atoms with Gasteiger partial charge in [-0.05, 0) is 54.3 Å². The summed E-state index contributed by atoms with van der Waals surface area (Å²) in [5.74, 6) is 0.897. The van der Waals surface area contributed by atoms with Gasteiger partial charge in [-0.25, -0.2) is 0 Å². The van der Waals surface area contributed by atoms with Gasteiger partial charge in [-0.1, -0.05) is 26.0 Å². The topological polar surface area (TPSA) is 58.6 Å². The van der Waals surface area contributed by atoms with E-state index in [1.165, 1.54) is 0 Å². The van der Waals surface area contributed by atoms with Crippen molar-refractivity contribution >= 4 is 23.2 Å². The van der Waals surface area contributed by atoms with Gasteiger partial charge in [0.15, 0.2) is 0 Å². The number of ether oxygens (including phenoxy) is 1. The van der Waals surface area contributed by atoms with E-state index in [2.05, 4.69) is 5.32 Å². The number of nitrogens with one attached hydrogen (secondary N) is 1. The molecular formula is C22H26N2O3. The highest BCUT2D eigenvalue weighted by Gasteiger charge is 2.26. The summed E-state index contributed by atoms with van der Waals surface area (Å²) in [5, 5.41) is 2.96. The minimum atomic E-state index is -0.0223. The number of hydrogen-bond acceptors (Lipinski definition) is 3. The van der Waals surface area contributed by atoms with Crippen molar-refractivity contribution in [3.8, 4) is 5.75 Å². The Labute approximate surface area is 160 Å². The monoisotopic (exact) mass is 366 g/mol. The summed E-state index contributed by atoms with van der Waals surface area (Å²) in [4.78, 5) is 26.4. The minimum absolute atomic E-state index is 0.0214. The summed E-state index contributed by atoms with van der Waals surface area (Å²) in [6.07, 6.45) is 1.88. The summed E-state index contributed by atoms with van der Waals surface area (Å²) in [5.41, 5.74) is 3.92. The summed E-state index contributed by atoms with van der Waals surface area (Å²) in [6.45, 7) is 4.54. The Morgan fingerprint density at radius 2 is 2.00 bits per heavy atom. The van der Waals surface area contributed by atoms with Gasteiger partial charge in [0, 0.05) is 30.3 Å². The Balaban J connectivity index is 1.60. The molecule has 2 amide bonds. The van der Waals surface area contributed by atoms with Crippen LogP contribution in [-0.2, 0) is 22.4 Å². The summed E-state index contributed by atoms with van der Waals surface area (Å²) in [7, 11) is 1.63. The Kier molecular flexibility index (Phi) is 5.79. The van der Waals surface area contributed by atoms with E-state index in [0.29, 0.717) is 19.4 Å². The molecule has 2 aromatic rings. The molecule has 0 atom stereocenters. The van der Waals surface area contributed by atoms with Crippen LogP contribution in [0.2, 0.25) is 0 Å². The van der Waals surface area contributed by atoms with Gasteiger partial charge >= 0.3 is 0 Å². The highest BCUT2D eigenvalue weighted by molar-refractivity contribution is 5.97. The number of carbonyl (C=O) groups is 2. The molecule has 0 radical (unpaired) electrons. The third-order valence-electron chi connectivity index (χ3n) is 4.79. The summed E-state index contributed by atoms with van der Waals surface area (Å²) < 4.78 is 5.21. The first-order valence-electron chi connectivity index (χ1n) is 9.35. The van der Waals surface area contributed by atoms with Crippen molar-refractivity contribution in [1.29, 1.82) is 0 Å². The van der Waals surface area contributed by atoms with E-state index in [9.17, 15) is 9.59 Å². The van der Waals surface area contributed by atoms with Gasteiger partial charge in [-0.3, -0.25) is 9.59 Å². The average Bonchev–Trinajstić information content (AvgIpc) is 3.09. The van der Waals surface area contributed by atoms with Gasteiger partial charge in [0.2, 0.25) is 11.8 Å². The highest BCUT2D eigenvalue weighted by atomic mass is 16.5.